The normalized spacial score (nSPS) is 11.8. The number of anilines is 1. The zero-order valence-corrected chi connectivity index (χ0v) is 20.5. The number of aryl methyl sites for hydroxylation is 4. The van der Waals surface area contributed by atoms with E-state index in [0.717, 1.165) is 16.1 Å². The molecule has 2 amide bonds. The van der Waals surface area contributed by atoms with E-state index < -0.39 is 6.04 Å². The number of thiazole rings is 1. The van der Waals surface area contributed by atoms with Crippen molar-refractivity contribution in [1.82, 2.24) is 10.3 Å². The number of carbonyl (C=O) groups excluding carboxylic acids is 2. The van der Waals surface area contributed by atoms with Crippen LogP contribution in [0.2, 0.25) is 0 Å². The Labute approximate surface area is 203 Å². The number of nitrogens with zero attached hydrogens (tertiary/aromatic N) is 2. The topological polar surface area (TPSA) is 75.4 Å². The zero-order valence-electron chi connectivity index (χ0n) is 19.7. The quantitative estimate of drug-likeness (QED) is 0.375. The fourth-order valence-electron chi connectivity index (χ4n) is 3.84. The molecular formula is C27H27N3O3S. The Morgan fingerprint density at radius 3 is 2.38 bits per heavy atom. The van der Waals surface area contributed by atoms with E-state index in [-0.39, 0.29) is 18.4 Å². The predicted molar refractivity (Wildman–Crippen MR) is 134 cm³/mol. The summed E-state index contributed by atoms with van der Waals surface area (Å²) in [6, 6.07) is 17.9. The second-order valence-electron chi connectivity index (χ2n) is 8.20. The molecule has 0 aliphatic carbocycles. The van der Waals surface area contributed by atoms with Gasteiger partial charge in [-0.3, -0.25) is 14.5 Å². The van der Waals surface area contributed by atoms with Crippen LogP contribution in [0, 0.1) is 27.7 Å². The smallest absolute Gasteiger partial charge is 0.271 e. The van der Waals surface area contributed by atoms with Crippen LogP contribution < -0.4 is 10.2 Å². The molecule has 0 radical (unpaired) electrons. The van der Waals surface area contributed by atoms with E-state index in [2.05, 4.69) is 10.3 Å². The van der Waals surface area contributed by atoms with Crippen LogP contribution in [-0.4, -0.2) is 16.8 Å². The van der Waals surface area contributed by atoms with Gasteiger partial charge in [-0.2, -0.15) is 0 Å². The average Bonchev–Trinajstić information content (AvgIpc) is 3.47. The molecule has 0 fully saturated rings. The molecule has 4 aromatic rings. The molecule has 2 aromatic carbocycles. The highest BCUT2D eigenvalue weighted by Crippen LogP contribution is 2.33. The molecule has 0 aliphatic heterocycles. The third kappa shape index (κ3) is 4.94. The lowest BCUT2D eigenvalue weighted by molar-refractivity contribution is -0.122. The minimum atomic E-state index is -0.882. The van der Waals surface area contributed by atoms with Crippen molar-refractivity contribution >= 4 is 28.8 Å². The number of carbonyl (C=O) groups is 2. The Morgan fingerprint density at radius 1 is 1.00 bits per heavy atom. The minimum Gasteiger partial charge on any atom is -0.467 e. The van der Waals surface area contributed by atoms with Gasteiger partial charge < -0.3 is 9.73 Å². The van der Waals surface area contributed by atoms with Gasteiger partial charge in [-0.1, -0.05) is 36.4 Å². The summed E-state index contributed by atoms with van der Waals surface area (Å²) in [5.74, 6) is 0.0829. The highest BCUT2D eigenvalue weighted by molar-refractivity contribution is 7.13. The van der Waals surface area contributed by atoms with E-state index in [1.54, 1.807) is 23.3 Å². The number of hydrogen-bond acceptors (Lipinski definition) is 5. The molecule has 0 spiro atoms. The first-order valence-corrected chi connectivity index (χ1v) is 11.9. The van der Waals surface area contributed by atoms with Crippen molar-refractivity contribution in [2.75, 3.05) is 4.90 Å². The van der Waals surface area contributed by atoms with Crippen molar-refractivity contribution in [3.05, 3.63) is 105 Å². The summed E-state index contributed by atoms with van der Waals surface area (Å²) in [6.07, 6.45) is 1.57. The summed E-state index contributed by atoms with van der Waals surface area (Å²) in [4.78, 5) is 34.2. The van der Waals surface area contributed by atoms with Gasteiger partial charge in [0.2, 0.25) is 5.91 Å². The van der Waals surface area contributed by atoms with E-state index in [1.807, 2.05) is 76.2 Å². The highest BCUT2D eigenvalue weighted by atomic mass is 32.1. The van der Waals surface area contributed by atoms with Gasteiger partial charge in [-0.25, -0.2) is 4.98 Å². The lowest BCUT2D eigenvalue weighted by Gasteiger charge is -2.31. The van der Waals surface area contributed by atoms with Crippen LogP contribution in [0.3, 0.4) is 0 Å². The number of nitrogens with one attached hydrogen (secondary N) is 1. The Bertz CT molecular complexity index is 1300. The number of aromatic nitrogens is 1. The van der Waals surface area contributed by atoms with E-state index in [4.69, 9.17) is 4.42 Å². The molecule has 34 heavy (non-hydrogen) atoms. The molecule has 1 N–H and O–H groups in total. The first-order chi connectivity index (χ1) is 16.3. The maximum absolute atomic E-state index is 14.0. The molecule has 7 heteroatoms. The van der Waals surface area contributed by atoms with Gasteiger partial charge >= 0.3 is 0 Å². The summed E-state index contributed by atoms with van der Waals surface area (Å²) in [5.41, 5.74) is 4.17. The predicted octanol–water partition coefficient (Wildman–Crippen LogP) is 5.67. The van der Waals surface area contributed by atoms with Crippen LogP contribution in [-0.2, 0) is 11.3 Å². The summed E-state index contributed by atoms with van der Waals surface area (Å²) >= 11 is 1.34. The van der Waals surface area contributed by atoms with Gasteiger partial charge in [-0.05, 0) is 68.7 Å². The zero-order chi connectivity index (χ0) is 24.2. The van der Waals surface area contributed by atoms with Gasteiger partial charge in [0.15, 0.2) is 0 Å². The first kappa shape index (κ1) is 23.4. The number of amides is 2. The van der Waals surface area contributed by atoms with Crippen LogP contribution in [0.1, 0.15) is 48.9 Å². The number of rotatable bonds is 7. The van der Waals surface area contributed by atoms with Gasteiger partial charge in [-0.15, -0.1) is 11.3 Å². The molecule has 2 heterocycles. The Kier molecular flexibility index (Phi) is 6.93. The third-order valence-corrected chi connectivity index (χ3v) is 6.78. The molecule has 6 nitrogen and oxygen atoms in total. The minimum absolute atomic E-state index is 0.225. The molecule has 2 aromatic heterocycles. The number of hydrogen-bond donors (Lipinski definition) is 1. The fourth-order valence-corrected chi connectivity index (χ4v) is 4.69. The van der Waals surface area contributed by atoms with E-state index in [9.17, 15) is 9.59 Å². The second-order valence-corrected chi connectivity index (χ2v) is 9.40. The van der Waals surface area contributed by atoms with Crippen molar-refractivity contribution in [3.63, 3.8) is 0 Å². The fraction of sp³-hybridized carbons (Fsp3) is 0.222. The van der Waals surface area contributed by atoms with Crippen molar-refractivity contribution in [2.24, 2.45) is 0 Å². The lowest BCUT2D eigenvalue weighted by Crippen LogP contribution is -2.44. The van der Waals surface area contributed by atoms with Crippen LogP contribution in [0.4, 0.5) is 5.69 Å². The van der Waals surface area contributed by atoms with Crippen molar-refractivity contribution < 1.29 is 14.0 Å². The van der Waals surface area contributed by atoms with E-state index >= 15 is 0 Å². The molecule has 174 valence electrons. The summed E-state index contributed by atoms with van der Waals surface area (Å²) in [7, 11) is 0. The highest BCUT2D eigenvalue weighted by Gasteiger charge is 2.35. The van der Waals surface area contributed by atoms with Gasteiger partial charge in [0.1, 0.15) is 16.7 Å². The molecule has 0 bridgehead atoms. The summed E-state index contributed by atoms with van der Waals surface area (Å²) in [5, 5.41) is 3.75. The largest absolute Gasteiger partial charge is 0.467 e. The first-order valence-electron chi connectivity index (χ1n) is 11.0. The molecule has 0 saturated heterocycles. The molecular weight excluding hydrogens is 446 g/mol. The summed E-state index contributed by atoms with van der Waals surface area (Å²) < 4.78 is 5.38. The van der Waals surface area contributed by atoms with Crippen LogP contribution in [0.25, 0.3) is 0 Å². The van der Waals surface area contributed by atoms with Crippen molar-refractivity contribution in [3.8, 4) is 0 Å². The van der Waals surface area contributed by atoms with Crippen LogP contribution >= 0.6 is 11.3 Å². The molecule has 0 aliphatic rings. The molecule has 1 atom stereocenters. The van der Waals surface area contributed by atoms with Gasteiger partial charge in [0.25, 0.3) is 5.91 Å². The van der Waals surface area contributed by atoms with Gasteiger partial charge in [0.05, 0.1) is 23.5 Å². The third-order valence-electron chi connectivity index (χ3n) is 5.72. The van der Waals surface area contributed by atoms with Crippen molar-refractivity contribution in [2.45, 2.75) is 40.3 Å². The Morgan fingerprint density at radius 2 is 1.76 bits per heavy atom. The van der Waals surface area contributed by atoms with E-state index in [0.29, 0.717) is 27.6 Å². The number of benzene rings is 2. The van der Waals surface area contributed by atoms with Crippen molar-refractivity contribution in [1.29, 1.82) is 0 Å². The Balaban J connectivity index is 1.82. The maximum atomic E-state index is 14.0. The standard InChI is InChI=1S/C27H27N3O3S/c1-17-12-13-22(15-18(17)2)30(27(32)25-19(3)29-20(4)34-25)24(21-9-6-5-7-10-21)26(31)28-16-23-11-8-14-33-23/h5-15,24H,16H2,1-4H3,(H,28,31)/t24-/m1/s1. The SMILES string of the molecule is Cc1nc(C)c(C(=O)N(c2ccc(C)c(C)c2)[C@@H](C(=O)NCc2ccco2)c2ccccc2)s1. The number of furan rings is 1. The monoisotopic (exact) mass is 473 g/mol. The summed E-state index contributed by atoms with van der Waals surface area (Å²) in [6.45, 7) is 7.94. The van der Waals surface area contributed by atoms with Gasteiger partial charge in [0, 0.05) is 5.69 Å². The average molecular weight is 474 g/mol. The second kappa shape index (κ2) is 10.1. The van der Waals surface area contributed by atoms with Crippen LogP contribution in [0.15, 0.2) is 71.3 Å². The maximum Gasteiger partial charge on any atom is 0.271 e. The Hall–Kier alpha value is -3.71. The molecule has 0 unspecified atom stereocenters. The van der Waals surface area contributed by atoms with Crippen LogP contribution in [0.5, 0.6) is 0 Å². The molecule has 0 saturated carbocycles. The lowest BCUT2D eigenvalue weighted by atomic mass is 10.0. The van der Waals surface area contributed by atoms with E-state index in [1.165, 1.54) is 11.3 Å². The molecule has 4 rings (SSSR count).